The first-order valence-corrected chi connectivity index (χ1v) is 7.61. The van der Waals surface area contributed by atoms with Crippen LogP contribution in [0.5, 0.6) is 0 Å². The van der Waals surface area contributed by atoms with Gasteiger partial charge in [0.1, 0.15) is 0 Å². The van der Waals surface area contributed by atoms with Crippen LogP contribution >= 0.6 is 0 Å². The van der Waals surface area contributed by atoms with Gasteiger partial charge in [0.2, 0.25) is 0 Å². The number of nitrogens with zero attached hydrogens (tertiary/aromatic N) is 4. The zero-order valence-electron chi connectivity index (χ0n) is 13.3. The van der Waals surface area contributed by atoms with Gasteiger partial charge in [0.25, 0.3) is 36.0 Å². The Labute approximate surface area is 146 Å². The molecule has 2 unspecified atom stereocenters. The number of imide groups is 2. The molecule has 26 heavy (non-hydrogen) atoms. The van der Waals surface area contributed by atoms with Crippen molar-refractivity contribution in [3.8, 4) is 0 Å². The average Bonchev–Trinajstić information content (AvgIpc) is 3.06. The van der Waals surface area contributed by atoms with Crippen molar-refractivity contribution >= 4 is 23.6 Å². The van der Waals surface area contributed by atoms with E-state index in [2.05, 4.69) is 0 Å². The van der Waals surface area contributed by atoms with Crippen LogP contribution < -0.4 is 0 Å². The third-order valence-electron chi connectivity index (χ3n) is 3.94. The molecule has 12 heteroatoms. The topological polar surface area (TPSA) is 161 Å². The standard InChI is InChI=1S/C14H14N4O8/c19-11-5-6-12(20)15(11)9(17(23)24)3-1-2-4-10(18(25)26)16-13(21)7-8-14(16)22/h5-10H,1-4H2. The first-order chi connectivity index (χ1) is 12.2. The summed E-state index contributed by atoms with van der Waals surface area (Å²) >= 11 is 0. The zero-order chi connectivity index (χ0) is 19.4. The molecule has 0 aromatic carbocycles. The Balaban J connectivity index is 1.92. The highest BCUT2D eigenvalue weighted by Gasteiger charge is 2.40. The van der Waals surface area contributed by atoms with Crippen LogP contribution in [-0.2, 0) is 19.2 Å². The number of unbranched alkanes of at least 4 members (excludes halogenated alkanes) is 1. The van der Waals surface area contributed by atoms with Gasteiger partial charge >= 0.3 is 0 Å². The predicted molar refractivity (Wildman–Crippen MR) is 82.0 cm³/mol. The van der Waals surface area contributed by atoms with Gasteiger partial charge in [-0.25, -0.2) is 9.80 Å². The summed E-state index contributed by atoms with van der Waals surface area (Å²) in [6.07, 6.45) is 0.337. The van der Waals surface area contributed by atoms with E-state index in [1.54, 1.807) is 0 Å². The molecule has 0 fully saturated rings. The van der Waals surface area contributed by atoms with Crippen LogP contribution in [0.3, 0.4) is 0 Å². The van der Waals surface area contributed by atoms with Crippen molar-refractivity contribution in [2.75, 3.05) is 0 Å². The lowest BCUT2D eigenvalue weighted by Crippen LogP contribution is -2.45. The van der Waals surface area contributed by atoms with E-state index in [1.165, 1.54) is 0 Å². The number of rotatable bonds is 9. The second kappa shape index (κ2) is 7.63. The Bertz CT molecular complexity index is 645. The lowest BCUT2D eigenvalue weighted by Gasteiger charge is -2.20. The molecule has 0 saturated heterocycles. The number of amides is 4. The molecule has 0 bridgehead atoms. The van der Waals surface area contributed by atoms with Crippen LogP contribution in [0.2, 0.25) is 0 Å². The maximum absolute atomic E-state index is 11.5. The van der Waals surface area contributed by atoms with E-state index in [-0.39, 0.29) is 25.7 Å². The van der Waals surface area contributed by atoms with Crippen molar-refractivity contribution in [3.63, 3.8) is 0 Å². The van der Waals surface area contributed by atoms with Crippen LogP contribution in [-0.4, -0.2) is 55.6 Å². The molecule has 0 saturated carbocycles. The van der Waals surface area contributed by atoms with E-state index in [1.807, 2.05) is 0 Å². The molecule has 0 aliphatic carbocycles. The van der Waals surface area contributed by atoms with E-state index in [0.717, 1.165) is 24.3 Å². The monoisotopic (exact) mass is 366 g/mol. The van der Waals surface area contributed by atoms with E-state index in [4.69, 9.17) is 0 Å². The van der Waals surface area contributed by atoms with Crippen molar-refractivity contribution in [2.24, 2.45) is 0 Å². The van der Waals surface area contributed by atoms with Gasteiger partial charge < -0.3 is 0 Å². The summed E-state index contributed by atoms with van der Waals surface area (Å²) in [5.74, 6) is -3.17. The minimum atomic E-state index is -1.57. The fourth-order valence-electron chi connectivity index (χ4n) is 2.72. The van der Waals surface area contributed by atoms with Crippen LogP contribution in [0.1, 0.15) is 25.7 Å². The van der Waals surface area contributed by atoms with Crippen molar-refractivity contribution in [2.45, 2.75) is 38.0 Å². The third-order valence-corrected chi connectivity index (χ3v) is 3.94. The highest BCUT2D eigenvalue weighted by molar-refractivity contribution is 6.13. The SMILES string of the molecule is O=C1C=CC(=O)N1C(CCCCC(N1C(=O)C=CC1=O)[N+](=O)[O-])[N+](=O)[O-]. The van der Waals surface area contributed by atoms with Crippen molar-refractivity contribution in [3.05, 3.63) is 44.5 Å². The van der Waals surface area contributed by atoms with Crippen molar-refractivity contribution < 1.29 is 29.0 Å². The third kappa shape index (κ3) is 3.79. The lowest BCUT2D eigenvalue weighted by atomic mass is 10.1. The molecule has 2 aliphatic heterocycles. The maximum Gasteiger partial charge on any atom is 0.296 e. The fourth-order valence-corrected chi connectivity index (χ4v) is 2.72. The Kier molecular flexibility index (Phi) is 5.54. The number of nitro groups is 2. The number of carbonyl (C=O) groups excluding carboxylic acids is 4. The van der Waals surface area contributed by atoms with Gasteiger partial charge in [-0.15, -0.1) is 0 Å². The summed E-state index contributed by atoms with van der Waals surface area (Å²) < 4.78 is 0. The Morgan fingerprint density at radius 3 is 1.19 bits per heavy atom. The van der Waals surface area contributed by atoms with E-state index in [9.17, 15) is 39.4 Å². The molecule has 2 rings (SSSR count). The van der Waals surface area contributed by atoms with Gasteiger partial charge in [0.05, 0.1) is 0 Å². The van der Waals surface area contributed by atoms with E-state index >= 15 is 0 Å². The minimum Gasteiger partial charge on any atom is -0.269 e. The molecule has 0 aromatic rings. The highest BCUT2D eigenvalue weighted by atomic mass is 16.6. The molecular formula is C14H14N4O8. The summed E-state index contributed by atoms with van der Waals surface area (Å²) in [6, 6.07) is 0. The molecule has 2 atom stereocenters. The van der Waals surface area contributed by atoms with Gasteiger partial charge in [0, 0.05) is 47.0 Å². The minimum absolute atomic E-state index is 0.0801. The predicted octanol–water partition coefficient (Wildman–Crippen LogP) is -0.398. The summed E-state index contributed by atoms with van der Waals surface area (Å²) in [4.78, 5) is 67.9. The van der Waals surface area contributed by atoms with Crippen molar-refractivity contribution in [1.82, 2.24) is 9.80 Å². The summed E-state index contributed by atoms with van der Waals surface area (Å²) in [5.41, 5.74) is 0. The fraction of sp³-hybridized carbons (Fsp3) is 0.429. The quantitative estimate of drug-likeness (QED) is 0.230. The number of carbonyl (C=O) groups is 4. The molecule has 0 radical (unpaired) electrons. The van der Waals surface area contributed by atoms with Gasteiger partial charge in [-0.1, -0.05) is 0 Å². The maximum atomic E-state index is 11.5. The molecule has 2 aliphatic rings. The lowest BCUT2D eigenvalue weighted by molar-refractivity contribution is -0.545. The van der Waals surface area contributed by atoms with Crippen molar-refractivity contribution in [1.29, 1.82) is 0 Å². The van der Waals surface area contributed by atoms with Gasteiger partial charge in [-0.05, 0) is 12.8 Å². The molecular weight excluding hydrogens is 352 g/mol. The Morgan fingerprint density at radius 2 is 0.962 bits per heavy atom. The summed E-state index contributed by atoms with van der Waals surface area (Å²) in [6.45, 7) is 0. The highest BCUT2D eigenvalue weighted by Crippen LogP contribution is 2.19. The average molecular weight is 366 g/mol. The first-order valence-electron chi connectivity index (χ1n) is 7.61. The smallest absolute Gasteiger partial charge is 0.269 e. The van der Waals surface area contributed by atoms with Gasteiger partial charge in [-0.3, -0.25) is 39.4 Å². The number of hydrogen-bond acceptors (Lipinski definition) is 8. The largest absolute Gasteiger partial charge is 0.296 e. The van der Waals surface area contributed by atoms with Crippen LogP contribution in [0.25, 0.3) is 0 Å². The van der Waals surface area contributed by atoms with Crippen LogP contribution in [0, 0.1) is 20.2 Å². The molecule has 4 amide bonds. The summed E-state index contributed by atoms with van der Waals surface area (Å²) in [5, 5.41) is 22.3. The van der Waals surface area contributed by atoms with Crippen LogP contribution in [0.15, 0.2) is 24.3 Å². The molecule has 12 nitrogen and oxygen atoms in total. The molecule has 0 spiro atoms. The Hall–Kier alpha value is -3.44. The Morgan fingerprint density at radius 1 is 0.692 bits per heavy atom. The van der Waals surface area contributed by atoms with E-state index < -0.39 is 45.8 Å². The first kappa shape index (κ1) is 18.9. The molecule has 2 heterocycles. The van der Waals surface area contributed by atoms with Crippen LogP contribution in [0.4, 0.5) is 0 Å². The van der Waals surface area contributed by atoms with Gasteiger partial charge in [-0.2, -0.15) is 0 Å². The second-order valence-corrected chi connectivity index (χ2v) is 5.58. The van der Waals surface area contributed by atoms with Gasteiger partial charge in [0.15, 0.2) is 0 Å². The second-order valence-electron chi connectivity index (χ2n) is 5.58. The zero-order valence-corrected chi connectivity index (χ0v) is 13.3. The number of hydrogen-bond donors (Lipinski definition) is 0. The summed E-state index contributed by atoms with van der Waals surface area (Å²) in [7, 11) is 0. The molecule has 0 N–H and O–H groups in total. The normalized spacial score (nSPS) is 18.8. The molecule has 0 aromatic heterocycles. The molecule has 138 valence electrons. The van der Waals surface area contributed by atoms with E-state index in [0.29, 0.717) is 9.80 Å².